The molecule has 3 heteroatoms. The SMILES string of the molecule is CN1CCC(Nc2cc(C(C)(C)C)ccn2)C1. The van der Waals surface area contributed by atoms with E-state index in [1.165, 1.54) is 18.5 Å². The first-order valence-corrected chi connectivity index (χ1v) is 6.37. The Morgan fingerprint density at radius 2 is 2.18 bits per heavy atom. The van der Waals surface area contributed by atoms with Gasteiger partial charge in [0, 0.05) is 18.8 Å². The Balaban J connectivity index is 2.06. The van der Waals surface area contributed by atoms with E-state index in [1.807, 2.05) is 6.20 Å². The number of nitrogens with one attached hydrogen (secondary N) is 1. The largest absolute Gasteiger partial charge is 0.366 e. The van der Waals surface area contributed by atoms with E-state index in [9.17, 15) is 0 Å². The average molecular weight is 233 g/mol. The highest BCUT2D eigenvalue weighted by Crippen LogP contribution is 2.24. The van der Waals surface area contributed by atoms with Gasteiger partial charge in [-0.15, -0.1) is 0 Å². The third-order valence-electron chi connectivity index (χ3n) is 3.37. The second kappa shape index (κ2) is 4.65. The van der Waals surface area contributed by atoms with Gasteiger partial charge in [-0.3, -0.25) is 0 Å². The quantitative estimate of drug-likeness (QED) is 0.850. The number of hydrogen-bond acceptors (Lipinski definition) is 3. The normalized spacial score (nSPS) is 21.8. The van der Waals surface area contributed by atoms with Crippen molar-refractivity contribution in [3.63, 3.8) is 0 Å². The molecule has 1 aromatic heterocycles. The molecular weight excluding hydrogens is 210 g/mol. The molecule has 1 unspecified atom stereocenters. The minimum Gasteiger partial charge on any atom is -0.366 e. The molecule has 0 radical (unpaired) electrons. The molecule has 0 aromatic carbocycles. The van der Waals surface area contributed by atoms with E-state index in [1.54, 1.807) is 0 Å². The van der Waals surface area contributed by atoms with Gasteiger partial charge in [-0.2, -0.15) is 0 Å². The molecule has 1 atom stereocenters. The van der Waals surface area contributed by atoms with Crippen LogP contribution in [-0.4, -0.2) is 36.1 Å². The van der Waals surface area contributed by atoms with Crippen molar-refractivity contribution in [2.24, 2.45) is 0 Å². The summed E-state index contributed by atoms with van der Waals surface area (Å²) in [4.78, 5) is 6.76. The van der Waals surface area contributed by atoms with Crippen LogP contribution in [0.15, 0.2) is 18.3 Å². The van der Waals surface area contributed by atoms with E-state index in [0.717, 1.165) is 12.4 Å². The van der Waals surface area contributed by atoms with Gasteiger partial charge in [0.15, 0.2) is 0 Å². The zero-order valence-electron chi connectivity index (χ0n) is 11.3. The first kappa shape index (κ1) is 12.4. The first-order valence-electron chi connectivity index (χ1n) is 6.37. The fourth-order valence-corrected chi connectivity index (χ4v) is 2.24. The minimum absolute atomic E-state index is 0.186. The summed E-state index contributed by atoms with van der Waals surface area (Å²) in [5.41, 5.74) is 1.52. The molecule has 1 aromatic rings. The molecular formula is C14H23N3. The van der Waals surface area contributed by atoms with Gasteiger partial charge in [-0.25, -0.2) is 4.98 Å². The Morgan fingerprint density at radius 3 is 2.76 bits per heavy atom. The lowest BCUT2D eigenvalue weighted by molar-refractivity contribution is 0.414. The standard InChI is InChI=1S/C14H23N3/c1-14(2,3)11-5-7-15-13(9-11)16-12-6-8-17(4)10-12/h5,7,9,12H,6,8,10H2,1-4H3,(H,15,16). The molecule has 94 valence electrons. The molecule has 17 heavy (non-hydrogen) atoms. The predicted octanol–water partition coefficient (Wildman–Crippen LogP) is 2.50. The number of likely N-dealkylation sites (tertiary alicyclic amines) is 1. The first-order chi connectivity index (χ1) is 7.95. The smallest absolute Gasteiger partial charge is 0.126 e. The third-order valence-corrected chi connectivity index (χ3v) is 3.37. The number of pyridine rings is 1. The maximum absolute atomic E-state index is 4.41. The van der Waals surface area contributed by atoms with E-state index < -0.39 is 0 Å². The Morgan fingerprint density at radius 1 is 1.41 bits per heavy atom. The van der Waals surface area contributed by atoms with Crippen LogP contribution in [-0.2, 0) is 5.41 Å². The molecule has 3 nitrogen and oxygen atoms in total. The van der Waals surface area contributed by atoms with Crippen LogP contribution >= 0.6 is 0 Å². The molecule has 1 saturated heterocycles. The van der Waals surface area contributed by atoms with Crippen LogP contribution in [0.4, 0.5) is 5.82 Å². The summed E-state index contributed by atoms with van der Waals surface area (Å²) in [6.07, 6.45) is 3.11. The molecule has 0 aliphatic carbocycles. The number of likely N-dealkylation sites (N-methyl/N-ethyl adjacent to an activating group) is 1. The molecule has 0 bridgehead atoms. The Kier molecular flexibility index (Phi) is 3.38. The number of anilines is 1. The lowest BCUT2D eigenvalue weighted by Gasteiger charge is -2.20. The van der Waals surface area contributed by atoms with Gasteiger partial charge in [0.25, 0.3) is 0 Å². The van der Waals surface area contributed by atoms with E-state index in [0.29, 0.717) is 6.04 Å². The average Bonchev–Trinajstić information content (AvgIpc) is 2.63. The summed E-state index contributed by atoms with van der Waals surface area (Å²) >= 11 is 0. The van der Waals surface area contributed by atoms with E-state index in [-0.39, 0.29) is 5.41 Å². The highest BCUT2D eigenvalue weighted by Gasteiger charge is 2.20. The summed E-state index contributed by atoms with van der Waals surface area (Å²) in [6.45, 7) is 8.98. The van der Waals surface area contributed by atoms with Gasteiger partial charge >= 0.3 is 0 Å². The summed E-state index contributed by atoms with van der Waals surface area (Å²) < 4.78 is 0. The molecule has 2 heterocycles. The molecule has 1 aliphatic heterocycles. The molecule has 0 spiro atoms. The summed E-state index contributed by atoms with van der Waals surface area (Å²) in [5.74, 6) is 1.01. The molecule has 1 aliphatic rings. The van der Waals surface area contributed by atoms with Crippen LogP contribution in [0.25, 0.3) is 0 Å². The van der Waals surface area contributed by atoms with Crippen molar-refractivity contribution in [1.29, 1.82) is 0 Å². The highest BCUT2D eigenvalue weighted by atomic mass is 15.2. The van der Waals surface area contributed by atoms with Crippen molar-refractivity contribution in [1.82, 2.24) is 9.88 Å². The third kappa shape index (κ3) is 3.19. The van der Waals surface area contributed by atoms with Gasteiger partial charge in [-0.1, -0.05) is 20.8 Å². The van der Waals surface area contributed by atoms with Crippen LogP contribution < -0.4 is 5.32 Å². The predicted molar refractivity (Wildman–Crippen MR) is 72.5 cm³/mol. The van der Waals surface area contributed by atoms with Gasteiger partial charge in [0.2, 0.25) is 0 Å². The molecule has 1 fully saturated rings. The molecule has 0 amide bonds. The van der Waals surface area contributed by atoms with Crippen LogP contribution in [0.2, 0.25) is 0 Å². The van der Waals surface area contributed by atoms with Gasteiger partial charge < -0.3 is 10.2 Å². The van der Waals surface area contributed by atoms with Crippen molar-refractivity contribution >= 4 is 5.82 Å². The highest BCUT2D eigenvalue weighted by molar-refractivity contribution is 5.41. The van der Waals surface area contributed by atoms with Crippen LogP contribution in [0.5, 0.6) is 0 Å². The van der Waals surface area contributed by atoms with E-state index in [4.69, 9.17) is 0 Å². The van der Waals surface area contributed by atoms with E-state index >= 15 is 0 Å². The minimum atomic E-state index is 0.186. The van der Waals surface area contributed by atoms with Gasteiger partial charge in [-0.05, 0) is 43.1 Å². The van der Waals surface area contributed by atoms with Crippen molar-refractivity contribution in [2.75, 3.05) is 25.5 Å². The molecule has 0 saturated carbocycles. The summed E-state index contributed by atoms with van der Waals surface area (Å²) in [5, 5.41) is 3.53. The van der Waals surface area contributed by atoms with Crippen molar-refractivity contribution in [2.45, 2.75) is 38.6 Å². The van der Waals surface area contributed by atoms with Crippen LogP contribution in [0, 0.1) is 0 Å². The number of rotatable bonds is 2. The monoisotopic (exact) mass is 233 g/mol. The Bertz CT molecular complexity index is 381. The van der Waals surface area contributed by atoms with Crippen molar-refractivity contribution in [3.05, 3.63) is 23.9 Å². The van der Waals surface area contributed by atoms with Gasteiger partial charge in [0.05, 0.1) is 0 Å². The lowest BCUT2D eigenvalue weighted by Crippen LogP contribution is -2.24. The fraction of sp³-hybridized carbons (Fsp3) is 0.643. The van der Waals surface area contributed by atoms with Crippen LogP contribution in [0.3, 0.4) is 0 Å². The zero-order chi connectivity index (χ0) is 12.5. The number of hydrogen-bond donors (Lipinski definition) is 1. The molecule has 1 N–H and O–H groups in total. The van der Waals surface area contributed by atoms with Crippen molar-refractivity contribution in [3.8, 4) is 0 Å². The lowest BCUT2D eigenvalue weighted by atomic mass is 9.88. The maximum Gasteiger partial charge on any atom is 0.126 e. The summed E-state index contributed by atoms with van der Waals surface area (Å²) in [6, 6.07) is 4.83. The Labute approximate surface area is 104 Å². The second-order valence-corrected chi connectivity index (χ2v) is 6.07. The van der Waals surface area contributed by atoms with E-state index in [2.05, 4.69) is 55.2 Å². The van der Waals surface area contributed by atoms with Crippen LogP contribution in [0.1, 0.15) is 32.8 Å². The van der Waals surface area contributed by atoms with Crippen molar-refractivity contribution < 1.29 is 0 Å². The fourth-order valence-electron chi connectivity index (χ4n) is 2.24. The summed E-state index contributed by atoms with van der Waals surface area (Å²) in [7, 11) is 2.17. The Hall–Kier alpha value is -1.09. The zero-order valence-corrected chi connectivity index (χ0v) is 11.3. The number of nitrogens with zero attached hydrogens (tertiary/aromatic N) is 2. The van der Waals surface area contributed by atoms with Gasteiger partial charge in [0.1, 0.15) is 5.82 Å². The molecule has 2 rings (SSSR count). The topological polar surface area (TPSA) is 28.2 Å². The maximum atomic E-state index is 4.41. The number of aromatic nitrogens is 1. The second-order valence-electron chi connectivity index (χ2n) is 6.07.